The summed E-state index contributed by atoms with van der Waals surface area (Å²) < 4.78 is 61.3. The van der Waals surface area contributed by atoms with Gasteiger partial charge in [0.15, 0.2) is 0 Å². The summed E-state index contributed by atoms with van der Waals surface area (Å²) in [4.78, 5) is 0. The van der Waals surface area contributed by atoms with Crippen LogP contribution in [0.4, 0.5) is 17.6 Å². The molecule has 0 spiro atoms. The molecule has 0 radical (unpaired) electrons. The largest absolute Gasteiger partial charge is 0.473 e. The summed E-state index contributed by atoms with van der Waals surface area (Å²) in [5, 5.41) is 7.26. The van der Waals surface area contributed by atoms with E-state index in [0.717, 1.165) is 5.56 Å². The van der Waals surface area contributed by atoms with E-state index >= 15 is 0 Å². The van der Waals surface area contributed by atoms with Crippen molar-refractivity contribution in [3.63, 3.8) is 0 Å². The Labute approximate surface area is 155 Å². The van der Waals surface area contributed by atoms with Gasteiger partial charge in [0.25, 0.3) is 0 Å². The Morgan fingerprint density at radius 2 is 1.85 bits per heavy atom. The molecule has 1 saturated carbocycles. The quantitative estimate of drug-likeness (QED) is 0.716. The highest BCUT2D eigenvalue weighted by Gasteiger charge is 2.56. The minimum Gasteiger partial charge on any atom is -0.473 e. The van der Waals surface area contributed by atoms with Gasteiger partial charge in [0, 0.05) is 12.6 Å². The number of halogens is 4. The lowest BCUT2D eigenvalue weighted by Gasteiger charge is -2.31. The first kappa shape index (κ1) is 19.7. The number of aromatic nitrogens is 2. The summed E-state index contributed by atoms with van der Waals surface area (Å²) >= 11 is 0. The lowest BCUT2D eigenvalue weighted by atomic mass is 9.85. The first-order chi connectivity index (χ1) is 12.8. The fourth-order valence-corrected chi connectivity index (χ4v) is 3.55. The second-order valence-electron chi connectivity index (χ2n) is 7.06. The van der Waals surface area contributed by atoms with Crippen LogP contribution in [0, 0.1) is 11.2 Å². The molecular weight excluding hydrogens is 362 g/mol. The normalized spacial score (nSPS) is 16.6. The van der Waals surface area contributed by atoms with Crippen molar-refractivity contribution in [2.75, 3.05) is 7.05 Å². The van der Waals surface area contributed by atoms with Crippen LogP contribution in [0.1, 0.15) is 36.9 Å². The van der Waals surface area contributed by atoms with E-state index in [-0.39, 0.29) is 31.8 Å². The van der Waals surface area contributed by atoms with E-state index in [9.17, 15) is 17.6 Å². The highest BCUT2D eigenvalue weighted by atomic mass is 19.4. The second kappa shape index (κ2) is 7.88. The molecule has 4 nitrogen and oxygen atoms in total. The third-order valence-electron chi connectivity index (χ3n) is 5.07. The van der Waals surface area contributed by atoms with Crippen molar-refractivity contribution >= 4 is 0 Å². The summed E-state index contributed by atoms with van der Waals surface area (Å²) in [5.41, 5.74) is -0.420. The standard InChI is InChI=1S/C19H23F4N3O/c1-24-11-16-10-17(27-12-14-4-6-15(20)7-5-14)26(25-16)13-18(19(21,22)23)8-2-3-9-18/h4-7,10,24H,2-3,8-9,11-13H2,1H3. The van der Waals surface area contributed by atoms with Gasteiger partial charge in [-0.1, -0.05) is 25.0 Å². The molecule has 0 unspecified atom stereocenters. The number of nitrogens with one attached hydrogen (secondary N) is 1. The van der Waals surface area contributed by atoms with Crippen LogP contribution in [0.15, 0.2) is 30.3 Å². The maximum Gasteiger partial charge on any atom is 0.396 e. The number of ether oxygens (including phenoxy) is 1. The van der Waals surface area contributed by atoms with Crippen molar-refractivity contribution in [2.45, 2.75) is 51.6 Å². The third kappa shape index (κ3) is 4.43. The molecule has 1 aromatic heterocycles. The summed E-state index contributed by atoms with van der Waals surface area (Å²) in [5.74, 6) is -0.0615. The number of hydrogen-bond donors (Lipinski definition) is 1. The van der Waals surface area contributed by atoms with Crippen molar-refractivity contribution in [3.8, 4) is 5.88 Å². The maximum absolute atomic E-state index is 13.7. The third-order valence-corrected chi connectivity index (χ3v) is 5.07. The number of alkyl halides is 3. The summed E-state index contributed by atoms with van der Waals surface area (Å²) in [6.45, 7) is 0.307. The van der Waals surface area contributed by atoms with E-state index < -0.39 is 11.6 Å². The fourth-order valence-electron chi connectivity index (χ4n) is 3.55. The van der Waals surface area contributed by atoms with Crippen LogP contribution < -0.4 is 10.1 Å². The highest BCUT2D eigenvalue weighted by molar-refractivity contribution is 5.20. The zero-order valence-electron chi connectivity index (χ0n) is 15.2. The van der Waals surface area contributed by atoms with Crippen LogP contribution in [-0.2, 0) is 19.7 Å². The van der Waals surface area contributed by atoms with Crippen LogP contribution in [0.25, 0.3) is 0 Å². The van der Waals surface area contributed by atoms with Gasteiger partial charge in [0.1, 0.15) is 12.4 Å². The lowest BCUT2D eigenvalue weighted by Crippen LogP contribution is -2.39. The predicted octanol–water partition coefficient (Wildman–Crippen LogP) is 4.44. The topological polar surface area (TPSA) is 39.1 Å². The summed E-state index contributed by atoms with van der Waals surface area (Å²) in [7, 11) is 1.74. The minimum absolute atomic E-state index is 0.106. The van der Waals surface area contributed by atoms with E-state index in [1.165, 1.54) is 16.8 Å². The molecule has 1 fully saturated rings. The Balaban J connectivity index is 1.82. The van der Waals surface area contributed by atoms with Gasteiger partial charge in [-0.2, -0.15) is 18.3 Å². The van der Waals surface area contributed by atoms with E-state index in [0.29, 0.717) is 31.0 Å². The van der Waals surface area contributed by atoms with Crippen molar-refractivity contribution < 1.29 is 22.3 Å². The first-order valence-electron chi connectivity index (χ1n) is 8.98. The van der Waals surface area contributed by atoms with Crippen molar-refractivity contribution in [3.05, 3.63) is 47.4 Å². The zero-order valence-corrected chi connectivity index (χ0v) is 15.2. The van der Waals surface area contributed by atoms with E-state index in [4.69, 9.17) is 4.74 Å². The van der Waals surface area contributed by atoms with Crippen LogP contribution in [0.5, 0.6) is 5.88 Å². The van der Waals surface area contributed by atoms with E-state index in [2.05, 4.69) is 10.4 Å². The molecule has 0 bridgehead atoms. The lowest BCUT2D eigenvalue weighted by molar-refractivity contribution is -0.228. The van der Waals surface area contributed by atoms with E-state index in [1.807, 2.05) is 0 Å². The Kier molecular flexibility index (Phi) is 5.74. The highest BCUT2D eigenvalue weighted by Crippen LogP contribution is 2.51. The van der Waals surface area contributed by atoms with Gasteiger partial charge >= 0.3 is 6.18 Å². The molecule has 0 saturated heterocycles. The molecule has 1 aromatic carbocycles. The van der Waals surface area contributed by atoms with Crippen LogP contribution in [-0.4, -0.2) is 23.0 Å². The van der Waals surface area contributed by atoms with Gasteiger partial charge in [-0.05, 0) is 37.6 Å². The molecule has 3 rings (SSSR count). The number of rotatable bonds is 7. The van der Waals surface area contributed by atoms with Gasteiger partial charge in [0.2, 0.25) is 5.88 Å². The number of nitrogens with zero attached hydrogens (tertiary/aromatic N) is 2. The molecule has 27 heavy (non-hydrogen) atoms. The fraction of sp³-hybridized carbons (Fsp3) is 0.526. The smallest absolute Gasteiger partial charge is 0.396 e. The molecule has 1 aliphatic rings. The molecule has 2 aromatic rings. The van der Waals surface area contributed by atoms with Crippen LogP contribution in [0.2, 0.25) is 0 Å². The molecule has 1 N–H and O–H groups in total. The van der Waals surface area contributed by atoms with Gasteiger partial charge in [-0.25, -0.2) is 9.07 Å². The molecule has 0 atom stereocenters. The Hall–Kier alpha value is -2.09. The number of hydrogen-bond acceptors (Lipinski definition) is 3. The summed E-state index contributed by atoms with van der Waals surface area (Å²) in [6, 6.07) is 7.45. The molecule has 0 aliphatic heterocycles. The average molecular weight is 385 g/mol. The molecule has 148 valence electrons. The van der Waals surface area contributed by atoms with Gasteiger partial charge in [-0.3, -0.25) is 0 Å². The molecule has 1 aliphatic carbocycles. The van der Waals surface area contributed by atoms with Crippen molar-refractivity contribution in [2.24, 2.45) is 5.41 Å². The van der Waals surface area contributed by atoms with Gasteiger partial charge < -0.3 is 10.1 Å². The molecular formula is C19H23F4N3O. The Morgan fingerprint density at radius 1 is 1.19 bits per heavy atom. The molecule has 0 amide bonds. The average Bonchev–Trinajstić information content (AvgIpc) is 3.23. The second-order valence-corrected chi connectivity index (χ2v) is 7.06. The zero-order chi connectivity index (χ0) is 19.5. The van der Waals surface area contributed by atoms with Gasteiger partial charge in [-0.15, -0.1) is 0 Å². The van der Waals surface area contributed by atoms with Crippen molar-refractivity contribution in [1.29, 1.82) is 0 Å². The van der Waals surface area contributed by atoms with Crippen LogP contribution in [0.3, 0.4) is 0 Å². The number of benzene rings is 1. The maximum atomic E-state index is 13.7. The Bertz CT molecular complexity index is 749. The SMILES string of the molecule is CNCc1cc(OCc2ccc(F)cc2)n(CC2(C(F)(F)F)CCCC2)n1. The predicted molar refractivity (Wildman–Crippen MR) is 92.7 cm³/mol. The minimum atomic E-state index is -4.28. The molecule has 1 heterocycles. The van der Waals surface area contributed by atoms with Gasteiger partial charge in [0.05, 0.1) is 17.7 Å². The summed E-state index contributed by atoms with van der Waals surface area (Å²) in [6.07, 6.45) is -2.94. The monoisotopic (exact) mass is 385 g/mol. The van der Waals surface area contributed by atoms with E-state index in [1.54, 1.807) is 25.2 Å². The molecule has 8 heteroatoms. The van der Waals surface area contributed by atoms with Crippen LogP contribution >= 0.6 is 0 Å². The van der Waals surface area contributed by atoms with Crippen molar-refractivity contribution in [1.82, 2.24) is 15.1 Å². The Morgan fingerprint density at radius 3 is 2.44 bits per heavy atom. The first-order valence-corrected chi connectivity index (χ1v) is 8.98.